The Hall–Kier alpha value is -0.0400. The summed E-state index contributed by atoms with van der Waals surface area (Å²) in [6, 6.07) is 0. The summed E-state index contributed by atoms with van der Waals surface area (Å²) in [7, 11) is 0. The second-order valence-corrected chi connectivity index (χ2v) is 5.86. The van der Waals surface area contributed by atoms with E-state index in [2.05, 4.69) is 27.7 Å². The van der Waals surface area contributed by atoms with Crippen LogP contribution in [0.1, 0.15) is 66.7 Å². The van der Waals surface area contributed by atoms with E-state index in [0.717, 1.165) is 18.8 Å². The van der Waals surface area contributed by atoms with Gasteiger partial charge in [0.15, 0.2) is 0 Å². The second kappa shape index (κ2) is 6.44. The predicted octanol–water partition coefficient (Wildman–Crippen LogP) is 4.00. The molecule has 0 fully saturated rings. The van der Waals surface area contributed by atoms with E-state index >= 15 is 0 Å². The van der Waals surface area contributed by atoms with E-state index in [4.69, 9.17) is 0 Å². The summed E-state index contributed by atoms with van der Waals surface area (Å²) in [6.07, 6.45) is 5.52. The third kappa shape index (κ3) is 8.55. The van der Waals surface area contributed by atoms with E-state index in [9.17, 15) is 5.11 Å². The van der Waals surface area contributed by atoms with Gasteiger partial charge in [-0.2, -0.15) is 0 Å². The Balaban J connectivity index is 3.50. The van der Waals surface area contributed by atoms with E-state index in [1.807, 2.05) is 6.92 Å². The highest BCUT2D eigenvalue weighted by Crippen LogP contribution is 2.27. The van der Waals surface area contributed by atoms with Crippen molar-refractivity contribution in [1.29, 1.82) is 0 Å². The minimum atomic E-state index is -0.0724. The Kier molecular flexibility index (Phi) is 6.43. The van der Waals surface area contributed by atoms with Gasteiger partial charge in [0.05, 0.1) is 6.10 Å². The third-order valence-corrected chi connectivity index (χ3v) is 2.67. The Bertz CT molecular complexity index is 135. The SMILES string of the molecule is CCC(O)CCCC(C)CC(C)(C)C. The fourth-order valence-corrected chi connectivity index (χ4v) is 2.05. The zero-order valence-corrected chi connectivity index (χ0v) is 10.6. The maximum Gasteiger partial charge on any atom is 0.0537 e. The van der Waals surface area contributed by atoms with Crippen LogP contribution in [0.15, 0.2) is 0 Å². The normalized spacial score (nSPS) is 16.7. The number of aliphatic hydroxyl groups excluding tert-OH is 1. The average molecular weight is 200 g/mol. The first-order valence-electron chi connectivity index (χ1n) is 6.03. The van der Waals surface area contributed by atoms with Crippen molar-refractivity contribution in [2.45, 2.75) is 72.8 Å². The van der Waals surface area contributed by atoms with Gasteiger partial charge in [0, 0.05) is 0 Å². The summed E-state index contributed by atoms with van der Waals surface area (Å²) in [6.45, 7) is 11.3. The van der Waals surface area contributed by atoms with Crippen LogP contribution in [0.5, 0.6) is 0 Å². The summed E-state index contributed by atoms with van der Waals surface area (Å²) in [5.74, 6) is 0.791. The van der Waals surface area contributed by atoms with Crippen molar-refractivity contribution in [3.05, 3.63) is 0 Å². The molecule has 0 spiro atoms. The van der Waals surface area contributed by atoms with E-state index in [-0.39, 0.29) is 6.10 Å². The number of aliphatic hydroxyl groups is 1. The quantitative estimate of drug-likeness (QED) is 0.687. The first-order chi connectivity index (χ1) is 6.35. The molecular formula is C13H28O. The van der Waals surface area contributed by atoms with Gasteiger partial charge in [0.25, 0.3) is 0 Å². The number of rotatable bonds is 6. The molecule has 14 heavy (non-hydrogen) atoms. The highest BCUT2D eigenvalue weighted by atomic mass is 16.3. The summed E-state index contributed by atoms with van der Waals surface area (Å²) < 4.78 is 0. The molecule has 0 aliphatic carbocycles. The first-order valence-corrected chi connectivity index (χ1v) is 6.03. The van der Waals surface area contributed by atoms with Gasteiger partial charge < -0.3 is 5.11 Å². The molecule has 0 bridgehead atoms. The van der Waals surface area contributed by atoms with Crippen LogP contribution in [-0.4, -0.2) is 11.2 Å². The molecule has 0 aromatic rings. The lowest BCUT2D eigenvalue weighted by atomic mass is 9.83. The van der Waals surface area contributed by atoms with Crippen LogP contribution in [0.25, 0.3) is 0 Å². The molecule has 86 valence electrons. The van der Waals surface area contributed by atoms with Crippen molar-refractivity contribution in [1.82, 2.24) is 0 Å². The Morgan fingerprint density at radius 3 is 2.14 bits per heavy atom. The van der Waals surface area contributed by atoms with Crippen LogP contribution in [-0.2, 0) is 0 Å². The highest BCUT2D eigenvalue weighted by Gasteiger charge is 2.15. The molecule has 1 nitrogen and oxygen atoms in total. The molecule has 1 heteroatoms. The second-order valence-electron chi connectivity index (χ2n) is 5.86. The first kappa shape index (κ1) is 14.0. The zero-order chi connectivity index (χ0) is 11.2. The van der Waals surface area contributed by atoms with Gasteiger partial charge in [-0.25, -0.2) is 0 Å². The Morgan fingerprint density at radius 2 is 1.71 bits per heavy atom. The average Bonchev–Trinajstić information content (AvgIpc) is 2.00. The van der Waals surface area contributed by atoms with Gasteiger partial charge >= 0.3 is 0 Å². The number of hydrogen-bond acceptors (Lipinski definition) is 1. The lowest BCUT2D eigenvalue weighted by Crippen LogP contribution is -2.12. The summed E-state index contributed by atoms with van der Waals surface area (Å²) >= 11 is 0. The molecule has 0 aromatic carbocycles. The standard InChI is InChI=1S/C13H28O/c1-6-12(14)9-7-8-11(2)10-13(3,4)5/h11-12,14H,6-10H2,1-5H3. The largest absolute Gasteiger partial charge is 0.393 e. The summed E-state index contributed by atoms with van der Waals surface area (Å²) in [5, 5.41) is 9.40. The van der Waals surface area contributed by atoms with Crippen molar-refractivity contribution in [3.63, 3.8) is 0 Å². The van der Waals surface area contributed by atoms with Crippen molar-refractivity contribution >= 4 is 0 Å². The van der Waals surface area contributed by atoms with Gasteiger partial charge in [-0.05, 0) is 30.6 Å². The molecule has 0 amide bonds. The summed E-state index contributed by atoms with van der Waals surface area (Å²) in [4.78, 5) is 0. The molecular weight excluding hydrogens is 172 g/mol. The van der Waals surface area contributed by atoms with Crippen LogP contribution in [0.2, 0.25) is 0 Å². The maximum atomic E-state index is 9.40. The smallest absolute Gasteiger partial charge is 0.0537 e. The zero-order valence-electron chi connectivity index (χ0n) is 10.6. The van der Waals surface area contributed by atoms with Gasteiger partial charge in [0.2, 0.25) is 0 Å². The lowest BCUT2D eigenvalue weighted by Gasteiger charge is -2.23. The maximum absolute atomic E-state index is 9.40. The molecule has 1 N–H and O–H groups in total. The molecule has 0 aromatic heterocycles. The van der Waals surface area contributed by atoms with Crippen LogP contribution < -0.4 is 0 Å². The molecule has 0 heterocycles. The predicted molar refractivity (Wildman–Crippen MR) is 63.4 cm³/mol. The van der Waals surface area contributed by atoms with Crippen LogP contribution in [0, 0.1) is 11.3 Å². The molecule has 0 saturated heterocycles. The van der Waals surface area contributed by atoms with Gasteiger partial charge in [-0.1, -0.05) is 47.5 Å². The lowest BCUT2D eigenvalue weighted by molar-refractivity contribution is 0.153. The van der Waals surface area contributed by atoms with Crippen LogP contribution >= 0.6 is 0 Å². The Labute approximate surface area is 89.9 Å². The Morgan fingerprint density at radius 1 is 1.14 bits per heavy atom. The van der Waals surface area contributed by atoms with Crippen LogP contribution in [0.4, 0.5) is 0 Å². The summed E-state index contributed by atoms with van der Waals surface area (Å²) in [5.41, 5.74) is 0.447. The molecule has 0 aliphatic heterocycles. The van der Waals surface area contributed by atoms with E-state index in [1.165, 1.54) is 19.3 Å². The number of hydrogen-bond donors (Lipinski definition) is 1. The monoisotopic (exact) mass is 200 g/mol. The minimum absolute atomic E-state index is 0.0724. The van der Waals surface area contributed by atoms with E-state index in [1.54, 1.807) is 0 Å². The van der Waals surface area contributed by atoms with Gasteiger partial charge in [0.1, 0.15) is 0 Å². The highest BCUT2D eigenvalue weighted by molar-refractivity contribution is 4.67. The molecule has 2 unspecified atom stereocenters. The topological polar surface area (TPSA) is 20.2 Å². The van der Waals surface area contributed by atoms with Crippen molar-refractivity contribution in [3.8, 4) is 0 Å². The van der Waals surface area contributed by atoms with Gasteiger partial charge in [-0.15, -0.1) is 0 Å². The van der Waals surface area contributed by atoms with Crippen LogP contribution in [0.3, 0.4) is 0 Å². The van der Waals surface area contributed by atoms with Crippen molar-refractivity contribution in [2.75, 3.05) is 0 Å². The third-order valence-electron chi connectivity index (χ3n) is 2.67. The van der Waals surface area contributed by atoms with E-state index < -0.39 is 0 Å². The fraction of sp³-hybridized carbons (Fsp3) is 1.00. The van der Waals surface area contributed by atoms with E-state index in [0.29, 0.717) is 5.41 Å². The molecule has 2 atom stereocenters. The fourth-order valence-electron chi connectivity index (χ4n) is 2.05. The molecule has 0 rings (SSSR count). The van der Waals surface area contributed by atoms with Gasteiger partial charge in [-0.3, -0.25) is 0 Å². The van der Waals surface area contributed by atoms with Crippen molar-refractivity contribution < 1.29 is 5.11 Å². The molecule has 0 saturated carbocycles. The minimum Gasteiger partial charge on any atom is -0.393 e. The molecule has 0 aliphatic rings. The van der Waals surface area contributed by atoms with Crippen molar-refractivity contribution in [2.24, 2.45) is 11.3 Å². The molecule has 0 radical (unpaired) electrons.